The first-order valence-corrected chi connectivity index (χ1v) is 6.17. The molecule has 4 heteroatoms. The maximum Gasteiger partial charge on any atom is 0.508 e. The van der Waals surface area contributed by atoms with Gasteiger partial charge in [-0.2, -0.15) is 0 Å². The van der Waals surface area contributed by atoms with Gasteiger partial charge in [-0.3, -0.25) is 0 Å². The number of rotatable bonds is 8. The topological polar surface area (TPSA) is 44.8 Å². The molecule has 4 nitrogen and oxygen atoms in total. The van der Waals surface area contributed by atoms with E-state index in [1.54, 1.807) is 0 Å². The van der Waals surface area contributed by atoms with Gasteiger partial charge >= 0.3 is 6.16 Å². The van der Waals surface area contributed by atoms with Crippen molar-refractivity contribution in [2.75, 3.05) is 19.8 Å². The summed E-state index contributed by atoms with van der Waals surface area (Å²) < 4.78 is 15.1. The molecule has 0 aromatic heterocycles. The van der Waals surface area contributed by atoms with Crippen molar-refractivity contribution in [1.82, 2.24) is 0 Å². The maximum absolute atomic E-state index is 10.6. The minimum absolute atomic E-state index is 0.212. The van der Waals surface area contributed by atoms with Gasteiger partial charge in [-0.25, -0.2) is 4.79 Å². The highest BCUT2D eigenvalue weighted by Crippen LogP contribution is 2.14. The smallest absolute Gasteiger partial charge is 0.430 e. The number of cyclic esters (lactones) is 2. The van der Waals surface area contributed by atoms with Crippen molar-refractivity contribution >= 4 is 6.16 Å². The maximum atomic E-state index is 10.6. The Balaban J connectivity index is 2.06. The zero-order valence-electron chi connectivity index (χ0n) is 10.2. The lowest BCUT2D eigenvalue weighted by atomic mass is 10.0. The van der Waals surface area contributed by atoms with Crippen LogP contribution < -0.4 is 0 Å². The van der Waals surface area contributed by atoms with Crippen molar-refractivity contribution in [1.29, 1.82) is 0 Å². The van der Waals surface area contributed by atoms with Gasteiger partial charge in [-0.1, -0.05) is 33.1 Å². The third-order valence-electron chi connectivity index (χ3n) is 2.85. The van der Waals surface area contributed by atoms with Gasteiger partial charge < -0.3 is 14.2 Å². The molecule has 0 aromatic rings. The largest absolute Gasteiger partial charge is 0.508 e. The predicted molar refractivity (Wildman–Crippen MR) is 60.3 cm³/mol. The summed E-state index contributed by atoms with van der Waals surface area (Å²) in [5.41, 5.74) is 0. The van der Waals surface area contributed by atoms with Gasteiger partial charge in [0.15, 0.2) is 6.10 Å². The summed E-state index contributed by atoms with van der Waals surface area (Å²) in [7, 11) is 0. The number of ether oxygens (including phenoxy) is 3. The fourth-order valence-electron chi connectivity index (χ4n) is 1.71. The lowest BCUT2D eigenvalue weighted by molar-refractivity contribution is 0.0280. The second-order valence-electron chi connectivity index (χ2n) is 4.25. The zero-order chi connectivity index (χ0) is 11.8. The van der Waals surface area contributed by atoms with Crippen LogP contribution in [0.15, 0.2) is 0 Å². The molecule has 1 rings (SSSR count). The summed E-state index contributed by atoms with van der Waals surface area (Å²) in [4.78, 5) is 10.6. The molecule has 1 heterocycles. The van der Waals surface area contributed by atoms with E-state index in [1.165, 1.54) is 19.3 Å². The van der Waals surface area contributed by atoms with Gasteiger partial charge in [-0.05, 0) is 12.3 Å². The molecule has 0 bridgehead atoms. The number of hydrogen-bond donors (Lipinski definition) is 0. The number of hydrogen-bond acceptors (Lipinski definition) is 4. The fraction of sp³-hybridized carbons (Fsp3) is 0.917. The van der Waals surface area contributed by atoms with E-state index in [2.05, 4.69) is 18.6 Å². The first kappa shape index (κ1) is 13.3. The van der Waals surface area contributed by atoms with E-state index in [0.29, 0.717) is 19.1 Å². The Kier molecular flexibility index (Phi) is 6.23. The Morgan fingerprint density at radius 2 is 2.31 bits per heavy atom. The summed E-state index contributed by atoms with van der Waals surface area (Å²) in [5, 5.41) is 0. The van der Waals surface area contributed by atoms with E-state index >= 15 is 0 Å². The van der Waals surface area contributed by atoms with Gasteiger partial charge in [0.1, 0.15) is 6.61 Å². The first-order valence-electron chi connectivity index (χ1n) is 6.17. The van der Waals surface area contributed by atoms with Gasteiger partial charge in [-0.15, -0.1) is 0 Å². The molecule has 1 aliphatic rings. The van der Waals surface area contributed by atoms with Gasteiger partial charge in [0.05, 0.1) is 6.61 Å². The summed E-state index contributed by atoms with van der Waals surface area (Å²) in [6, 6.07) is 0. The molecular formula is C12H22O4. The molecule has 0 aliphatic carbocycles. The molecule has 0 spiro atoms. The van der Waals surface area contributed by atoms with E-state index in [4.69, 9.17) is 9.47 Å². The Hall–Kier alpha value is -0.770. The first-order chi connectivity index (χ1) is 7.76. The van der Waals surface area contributed by atoms with E-state index in [-0.39, 0.29) is 6.10 Å². The zero-order valence-corrected chi connectivity index (χ0v) is 10.2. The lowest BCUT2D eigenvalue weighted by Gasteiger charge is -2.15. The minimum atomic E-state index is -0.577. The highest BCUT2D eigenvalue weighted by Gasteiger charge is 2.25. The number of unbranched alkanes of at least 4 members (excludes halogenated alkanes) is 1. The van der Waals surface area contributed by atoms with Crippen LogP contribution >= 0.6 is 0 Å². The molecule has 16 heavy (non-hydrogen) atoms. The minimum Gasteiger partial charge on any atom is -0.430 e. The lowest BCUT2D eigenvalue weighted by Crippen LogP contribution is -2.20. The molecule has 2 atom stereocenters. The second kappa shape index (κ2) is 7.49. The summed E-state index contributed by atoms with van der Waals surface area (Å²) in [6.45, 7) is 5.91. The molecule has 2 unspecified atom stereocenters. The second-order valence-corrected chi connectivity index (χ2v) is 4.25. The summed E-state index contributed by atoms with van der Waals surface area (Å²) >= 11 is 0. The van der Waals surface area contributed by atoms with Crippen LogP contribution in [0.2, 0.25) is 0 Å². The van der Waals surface area contributed by atoms with Crippen molar-refractivity contribution in [2.24, 2.45) is 5.92 Å². The van der Waals surface area contributed by atoms with Crippen LogP contribution in [-0.2, 0) is 14.2 Å². The van der Waals surface area contributed by atoms with E-state index in [0.717, 1.165) is 13.0 Å². The third-order valence-corrected chi connectivity index (χ3v) is 2.85. The summed E-state index contributed by atoms with van der Waals surface area (Å²) in [6.07, 6.45) is 4.05. The molecule has 1 saturated heterocycles. The molecule has 0 amide bonds. The van der Waals surface area contributed by atoms with E-state index < -0.39 is 6.16 Å². The van der Waals surface area contributed by atoms with Crippen molar-refractivity contribution < 1.29 is 19.0 Å². The van der Waals surface area contributed by atoms with Gasteiger partial charge in [0, 0.05) is 6.61 Å². The predicted octanol–water partition coefficient (Wildman–Crippen LogP) is 2.75. The van der Waals surface area contributed by atoms with Crippen molar-refractivity contribution in [2.45, 2.75) is 45.6 Å². The van der Waals surface area contributed by atoms with E-state index in [1.807, 2.05) is 0 Å². The van der Waals surface area contributed by atoms with Crippen LogP contribution in [0.1, 0.15) is 39.5 Å². The van der Waals surface area contributed by atoms with Crippen LogP contribution in [0.3, 0.4) is 0 Å². The third kappa shape index (κ3) is 4.84. The van der Waals surface area contributed by atoms with Crippen LogP contribution in [0, 0.1) is 5.92 Å². The average molecular weight is 230 g/mol. The Bertz CT molecular complexity index is 205. The van der Waals surface area contributed by atoms with Crippen molar-refractivity contribution in [3.63, 3.8) is 0 Å². The normalized spacial score (nSPS) is 21.6. The standard InChI is InChI=1S/C12H22O4/c1-3-5-6-10(4-2)7-14-8-11-9-15-12(13)16-11/h10-11H,3-9H2,1-2H3. The molecule has 0 N–H and O–H groups in total. The van der Waals surface area contributed by atoms with Crippen LogP contribution in [0.25, 0.3) is 0 Å². The monoisotopic (exact) mass is 230 g/mol. The average Bonchev–Trinajstić information content (AvgIpc) is 2.69. The van der Waals surface area contributed by atoms with Gasteiger partial charge in [0.25, 0.3) is 0 Å². The van der Waals surface area contributed by atoms with Crippen LogP contribution in [-0.4, -0.2) is 32.1 Å². The molecule has 0 aromatic carbocycles. The van der Waals surface area contributed by atoms with Crippen molar-refractivity contribution in [3.8, 4) is 0 Å². The van der Waals surface area contributed by atoms with Gasteiger partial charge in [0.2, 0.25) is 0 Å². The van der Waals surface area contributed by atoms with Crippen LogP contribution in [0.5, 0.6) is 0 Å². The SMILES string of the molecule is CCCCC(CC)COCC1COC(=O)O1. The molecule has 1 fully saturated rings. The molecule has 1 aliphatic heterocycles. The number of carbonyl (C=O) groups excluding carboxylic acids is 1. The summed E-state index contributed by atoms with van der Waals surface area (Å²) in [5.74, 6) is 0.623. The molecular weight excluding hydrogens is 208 g/mol. The van der Waals surface area contributed by atoms with E-state index in [9.17, 15) is 4.79 Å². The Labute approximate surface area is 97.2 Å². The Morgan fingerprint density at radius 3 is 2.88 bits per heavy atom. The molecule has 0 radical (unpaired) electrons. The molecule has 0 saturated carbocycles. The highest BCUT2D eigenvalue weighted by molar-refractivity contribution is 5.61. The highest BCUT2D eigenvalue weighted by atomic mass is 16.8. The Morgan fingerprint density at radius 1 is 1.50 bits per heavy atom. The quantitative estimate of drug-likeness (QED) is 0.601. The number of carbonyl (C=O) groups is 1. The fourth-order valence-corrected chi connectivity index (χ4v) is 1.71. The van der Waals surface area contributed by atoms with Crippen LogP contribution in [0.4, 0.5) is 4.79 Å². The van der Waals surface area contributed by atoms with Crippen molar-refractivity contribution in [3.05, 3.63) is 0 Å². The molecule has 94 valence electrons.